The van der Waals surface area contributed by atoms with Crippen LogP contribution in [0.15, 0.2) is 30.3 Å². The van der Waals surface area contributed by atoms with Gasteiger partial charge in [-0.15, -0.1) is 0 Å². The second-order valence-electron chi connectivity index (χ2n) is 4.13. The van der Waals surface area contributed by atoms with Crippen molar-refractivity contribution in [3.8, 4) is 0 Å². The van der Waals surface area contributed by atoms with Crippen molar-refractivity contribution in [2.75, 3.05) is 30.0 Å². The third kappa shape index (κ3) is 5.18. The van der Waals surface area contributed by atoms with Crippen LogP contribution in [0.4, 0.5) is 5.69 Å². The van der Waals surface area contributed by atoms with Crippen LogP contribution in [0.3, 0.4) is 0 Å². The second-order valence-corrected chi connectivity index (χ2v) is 6.43. The van der Waals surface area contributed by atoms with E-state index in [1.54, 1.807) is 0 Å². The first kappa shape index (κ1) is 14.5. The lowest BCUT2D eigenvalue weighted by molar-refractivity contribution is -0.117. The zero-order valence-electron chi connectivity index (χ0n) is 10.4. The Kier molecular flexibility index (Phi) is 5.15. The highest BCUT2D eigenvalue weighted by molar-refractivity contribution is 7.91. The van der Waals surface area contributed by atoms with Crippen molar-refractivity contribution in [2.24, 2.45) is 5.73 Å². The van der Waals surface area contributed by atoms with Crippen LogP contribution in [-0.2, 0) is 14.6 Å². The fourth-order valence-electron chi connectivity index (χ4n) is 1.45. The number of carbonyl (C=O) groups excluding carboxylic acids is 1. The average Bonchev–Trinajstić information content (AvgIpc) is 2.35. The first-order valence-electron chi connectivity index (χ1n) is 5.65. The van der Waals surface area contributed by atoms with E-state index in [2.05, 4.69) is 0 Å². The third-order valence-corrected chi connectivity index (χ3v) is 4.22. The number of benzene rings is 1. The molecule has 2 N–H and O–H groups in total. The van der Waals surface area contributed by atoms with Crippen LogP contribution >= 0.6 is 0 Å². The number of hydrogen-bond donors (Lipinski definition) is 1. The quantitative estimate of drug-likeness (QED) is 0.778. The molecule has 0 saturated heterocycles. The number of nitrogens with zero attached hydrogens (tertiary/aromatic N) is 1. The molecule has 0 spiro atoms. The lowest BCUT2D eigenvalue weighted by atomic mass is 10.3. The van der Waals surface area contributed by atoms with E-state index in [0.717, 1.165) is 5.69 Å². The zero-order valence-corrected chi connectivity index (χ0v) is 11.2. The molecule has 0 fully saturated rings. The summed E-state index contributed by atoms with van der Waals surface area (Å²) < 4.78 is 23.3. The molecule has 1 aromatic rings. The van der Waals surface area contributed by atoms with Gasteiger partial charge in [0.25, 0.3) is 0 Å². The van der Waals surface area contributed by atoms with Gasteiger partial charge in [0.05, 0.1) is 11.5 Å². The van der Waals surface area contributed by atoms with Crippen LogP contribution in [-0.4, -0.2) is 39.4 Å². The van der Waals surface area contributed by atoms with Gasteiger partial charge >= 0.3 is 0 Å². The summed E-state index contributed by atoms with van der Waals surface area (Å²) in [6, 6.07) is 9.52. The summed E-state index contributed by atoms with van der Waals surface area (Å²) in [6.07, 6.45) is -0.114. The van der Waals surface area contributed by atoms with Gasteiger partial charge in [0.15, 0.2) is 9.84 Å². The van der Waals surface area contributed by atoms with Crippen molar-refractivity contribution in [1.29, 1.82) is 0 Å². The van der Waals surface area contributed by atoms with E-state index in [-0.39, 0.29) is 17.9 Å². The molecule has 1 rings (SSSR count). The lowest BCUT2D eigenvalue weighted by Crippen LogP contribution is -2.27. The molecular weight excluding hydrogens is 252 g/mol. The molecule has 0 aromatic heterocycles. The van der Waals surface area contributed by atoms with E-state index < -0.39 is 15.7 Å². The van der Waals surface area contributed by atoms with Gasteiger partial charge in [-0.25, -0.2) is 8.42 Å². The van der Waals surface area contributed by atoms with E-state index in [9.17, 15) is 13.2 Å². The van der Waals surface area contributed by atoms with Crippen LogP contribution < -0.4 is 10.6 Å². The number of anilines is 1. The summed E-state index contributed by atoms with van der Waals surface area (Å²) in [5.41, 5.74) is 5.89. The Labute approximate surface area is 108 Å². The highest BCUT2D eigenvalue weighted by atomic mass is 32.2. The van der Waals surface area contributed by atoms with E-state index in [1.165, 1.54) is 0 Å². The molecule has 18 heavy (non-hydrogen) atoms. The summed E-state index contributed by atoms with van der Waals surface area (Å²) in [4.78, 5) is 12.4. The van der Waals surface area contributed by atoms with Crippen LogP contribution in [0, 0.1) is 0 Å². The van der Waals surface area contributed by atoms with E-state index in [4.69, 9.17) is 5.73 Å². The van der Waals surface area contributed by atoms with Crippen molar-refractivity contribution in [3.05, 3.63) is 30.3 Å². The molecule has 5 nitrogen and oxygen atoms in total. The van der Waals surface area contributed by atoms with Crippen LogP contribution in [0.5, 0.6) is 0 Å². The van der Waals surface area contributed by atoms with E-state index in [1.807, 2.05) is 42.3 Å². The number of rotatable bonds is 7. The zero-order chi connectivity index (χ0) is 13.6. The lowest BCUT2D eigenvalue weighted by Gasteiger charge is -2.18. The molecule has 0 heterocycles. The normalized spacial score (nSPS) is 11.2. The molecule has 100 valence electrons. The Morgan fingerprint density at radius 2 is 1.83 bits per heavy atom. The van der Waals surface area contributed by atoms with Crippen molar-refractivity contribution in [2.45, 2.75) is 6.42 Å². The third-order valence-electron chi connectivity index (χ3n) is 2.59. The Morgan fingerprint density at radius 1 is 1.22 bits per heavy atom. The number of sulfone groups is 1. The van der Waals surface area contributed by atoms with Gasteiger partial charge in [0, 0.05) is 25.7 Å². The van der Waals surface area contributed by atoms with E-state index >= 15 is 0 Å². The fraction of sp³-hybridized carbons (Fsp3) is 0.417. The minimum atomic E-state index is -3.22. The summed E-state index contributed by atoms with van der Waals surface area (Å²) in [7, 11) is -1.39. The first-order chi connectivity index (χ1) is 8.41. The van der Waals surface area contributed by atoms with E-state index in [0.29, 0.717) is 6.54 Å². The van der Waals surface area contributed by atoms with Gasteiger partial charge in [0.1, 0.15) is 0 Å². The Morgan fingerprint density at radius 3 is 2.39 bits per heavy atom. The van der Waals surface area contributed by atoms with Gasteiger partial charge in [0.2, 0.25) is 5.91 Å². The number of hydrogen-bond acceptors (Lipinski definition) is 4. The number of amides is 1. The van der Waals surface area contributed by atoms with Crippen molar-refractivity contribution in [3.63, 3.8) is 0 Å². The molecule has 0 radical (unpaired) electrons. The first-order valence-corrected chi connectivity index (χ1v) is 7.48. The molecule has 0 aliphatic carbocycles. The number of nitrogens with two attached hydrogens (primary N) is 1. The van der Waals surface area contributed by atoms with Gasteiger partial charge < -0.3 is 10.6 Å². The Hall–Kier alpha value is -1.56. The molecule has 0 atom stereocenters. The smallest absolute Gasteiger partial charge is 0.218 e. The number of carbonyl (C=O) groups is 1. The fourth-order valence-corrected chi connectivity index (χ4v) is 2.71. The maximum absolute atomic E-state index is 11.6. The molecule has 6 heteroatoms. The number of para-hydroxylation sites is 1. The molecule has 0 unspecified atom stereocenters. The highest BCUT2D eigenvalue weighted by Crippen LogP contribution is 2.10. The Balaban J connectivity index is 2.47. The molecule has 0 aliphatic heterocycles. The predicted octanol–water partition coefficient (Wildman–Crippen LogP) is 0.413. The highest BCUT2D eigenvalue weighted by Gasteiger charge is 2.13. The van der Waals surface area contributed by atoms with Gasteiger partial charge in [-0.05, 0) is 12.1 Å². The van der Waals surface area contributed by atoms with Crippen molar-refractivity contribution < 1.29 is 13.2 Å². The van der Waals surface area contributed by atoms with Gasteiger partial charge in [-0.1, -0.05) is 18.2 Å². The minimum absolute atomic E-state index is 0.0195. The van der Waals surface area contributed by atoms with Gasteiger partial charge in [-0.3, -0.25) is 4.79 Å². The van der Waals surface area contributed by atoms with Crippen LogP contribution in [0.1, 0.15) is 6.42 Å². The van der Waals surface area contributed by atoms with Gasteiger partial charge in [-0.2, -0.15) is 0 Å². The van der Waals surface area contributed by atoms with Crippen LogP contribution in [0.2, 0.25) is 0 Å². The predicted molar refractivity (Wildman–Crippen MR) is 72.2 cm³/mol. The molecular formula is C12H18N2O3S. The number of primary amides is 1. The topological polar surface area (TPSA) is 80.5 Å². The van der Waals surface area contributed by atoms with Crippen LogP contribution in [0.25, 0.3) is 0 Å². The molecule has 0 saturated carbocycles. The second kappa shape index (κ2) is 6.39. The molecule has 0 bridgehead atoms. The summed E-state index contributed by atoms with van der Waals surface area (Å²) in [6.45, 7) is 0.394. The average molecular weight is 270 g/mol. The largest absolute Gasteiger partial charge is 0.374 e. The van der Waals surface area contributed by atoms with Crippen molar-refractivity contribution in [1.82, 2.24) is 0 Å². The molecule has 0 aliphatic rings. The Bertz CT molecular complexity index is 485. The molecule has 1 aromatic carbocycles. The summed E-state index contributed by atoms with van der Waals surface area (Å²) in [5.74, 6) is -0.744. The standard InChI is InChI=1S/C12H18N2O3S/c1-14(11-5-3-2-4-6-11)8-10-18(16,17)9-7-12(13)15/h2-6H,7-10H2,1H3,(H2,13,15). The minimum Gasteiger partial charge on any atom is -0.374 e. The molecule has 1 amide bonds. The summed E-state index contributed by atoms with van der Waals surface area (Å²) >= 11 is 0. The van der Waals surface area contributed by atoms with Crippen molar-refractivity contribution >= 4 is 21.4 Å². The summed E-state index contributed by atoms with van der Waals surface area (Å²) in [5, 5.41) is 0. The SMILES string of the molecule is CN(CCS(=O)(=O)CCC(N)=O)c1ccccc1. The maximum Gasteiger partial charge on any atom is 0.218 e. The monoisotopic (exact) mass is 270 g/mol. The maximum atomic E-state index is 11.6.